The van der Waals surface area contributed by atoms with Gasteiger partial charge in [-0.2, -0.15) is 0 Å². The van der Waals surface area contributed by atoms with Gasteiger partial charge in [0.1, 0.15) is 11.5 Å². The molecule has 1 heteroatoms. The second kappa shape index (κ2) is 10.5. The first-order chi connectivity index (χ1) is 19.1. The van der Waals surface area contributed by atoms with Gasteiger partial charge < -0.3 is 4.74 Å². The molecule has 39 heavy (non-hydrogen) atoms. The summed E-state index contributed by atoms with van der Waals surface area (Å²) in [5, 5.41) is 7.26. The molecule has 0 saturated carbocycles. The van der Waals surface area contributed by atoms with Crippen molar-refractivity contribution in [2.24, 2.45) is 0 Å². The highest BCUT2D eigenvalue weighted by atomic mass is 16.5. The van der Waals surface area contributed by atoms with Gasteiger partial charge in [-0.1, -0.05) is 129 Å². The summed E-state index contributed by atoms with van der Waals surface area (Å²) in [7, 11) is 0. The van der Waals surface area contributed by atoms with Crippen LogP contribution in [0.5, 0.6) is 5.75 Å². The van der Waals surface area contributed by atoms with Crippen molar-refractivity contribution in [1.29, 1.82) is 0 Å². The lowest BCUT2D eigenvalue weighted by Crippen LogP contribution is -1.95. The third kappa shape index (κ3) is 4.64. The smallest absolute Gasteiger partial charge is 0.130 e. The van der Waals surface area contributed by atoms with Crippen LogP contribution in [0.25, 0.3) is 49.0 Å². The SMILES string of the molecule is C=C(/C=C\C(=C)c1c2ccccc2c(-c2ccc3ccccc3c2)c2ccccc12)Oc1ccccc1CC. The molecule has 0 atom stereocenters. The van der Waals surface area contributed by atoms with Crippen LogP contribution in [0.15, 0.2) is 146 Å². The zero-order chi connectivity index (χ0) is 26.8. The fourth-order valence-electron chi connectivity index (χ4n) is 5.48. The fraction of sp³-hybridized carbons (Fsp3) is 0.0526. The fourth-order valence-corrected chi connectivity index (χ4v) is 5.48. The van der Waals surface area contributed by atoms with Gasteiger partial charge in [-0.25, -0.2) is 0 Å². The van der Waals surface area contributed by atoms with E-state index in [1.807, 2.05) is 30.4 Å². The van der Waals surface area contributed by atoms with E-state index in [1.54, 1.807) is 0 Å². The van der Waals surface area contributed by atoms with E-state index in [4.69, 9.17) is 4.74 Å². The minimum absolute atomic E-state index is 0.582. The lowest BCUT2D eigenvalue weighted by molar-refractivity contribution is 0.442. The molecule has 0 unspecified atom stereocenters. The van der Waals surface area contributed by atoms with Crippen LogP contribution in [-0.4, -0.2) is 0 Å². The van der Waals surface area contributed by atoms with Crippen molar-refractivity contribution in [3.05, 3.63) is 157 Å². The van der Waals surface area contributed by atoms with Crippen molar-refractivity contribution >= 4 is 37.9 Å². The molecule has 0 aromatic heterocycles. The van der Waals surface area contributed by atoms with Gasteiger partial charge in [0.25, 0.3) is 0 Å². The van der Waals surface area contributed by atoms with Crippen LogP contribution < -0.4 is 4.74 Å². The van der Waals surface area contributed by atoms with Crippen LogP contribution in [-0.2, 0) is 6.42 Å². The zero-order valence-corrected chi connectivity index (χ0v) is 22.2. The lowest BCUT2D eigenvalue weighted by atomic mass is 9.85. The molecular formula is C38H30O. The first-order valence-corrected chi connectivity index (χ1v) is 13.4. The third-order valence-electron chi connectivity index (χ3n) is 7.36. The predicted molar refractivity (Wildman–Crippen MR) is 168 cm³/mol. The number of aryl methyl sites for hydroxylation is 1. The van der Waals surface area contributed by atoms with Crippen LogP contribution in [0.1, 0.15) is 18.1 Å². The minimum atomic E-state index is 0.582. The van der Waals surface area contributed by atoms with Crippen molar-refractivity contribution in [2.75, 3.05) is 0 Å². The summed E-state index contributed by atoms with van der Waals surface area (Å²) in [4.78, 5) is 0. The Kier molecular flexibility index (Phi) is 6.57. The number of hydrogen-bond donors (Lipinski definition) is 0. The molecule has 0 saturated heterocycles. The number of fused-ring (bicyclic) bond motifs is 3. The van der Waals surface area contributed by atoms with Crippen LogP contribution in [0.4, 0.5) is 0 Å². The van der Waals surface area contributed by atoms with Crippen LogP contribution in [0, 0.1) is 0 Å². The largest absolute Gasteiger partial charge is 0.458 e. The molecule has 6 aromatic carbocycles. The molecule has 0 N–H and O–H groups in total. The van der Waals surface area contributed by atoms with Crippen molar-refractivity contribution < 1.29 is 4.74 Å². The maximum atomic E-state index is 6.09. The molecule has 0 amide bonds. The first-order valence-electron chi connectivity index (χ1n) is 13.4. The Morgan fingerprint density at radius 2 is 1.23 bits per heavy atom. The molecule has 0 fully saturated rings. The number of para-hydroxylation sites is 1. The molecule has 188 valence electrons. The Bertz CT molecular complexity index is 1850. The molecule has 0 aliphatic heterocycles. The average Bonchev–Trinajstić information content (AvgIpc) is 2.98. The summed E-state index contributed by atoms with van der Waals surface area (Å²) < 4.78 is 6.09. The monoisotopic (exact) mass is 502 g/mol. The Labute approximate surface area is 230 Å². The van der Waals surface area contributed by atoms with Gasteiger partial charge in [0, 0.05) is 0 Å². The Morgan fingerprint density at radius 1 is 0.641 bits per heavy atom. The molecule has 0 aliphatic rings. The molecule has 0 radical (unpaired) electrons. The Morgan fingerprint density at radius 3 is 1.92 bits per heavy atom. The highest BCUT2D eigenvalue weighted by Crippen LogP contribution is 2.42. The van der Waals surface area contributed by atoms with Crippen molar-refractivity contribution in [1.82, 2.24) is 0 Å². The first kappa shape index (κ1) is 24.5. The van der Waals surface area contributed by atoms with Crippen LogP contribution >= 0.6 is 0 Å². The van der Waals surface area contributed by atoms with E-state index >= 15 is 0 Å². The molecule has 0 heterocycles. The highest BCUT2D eigenvalue weighted by molar-refractivity contribution is 6.19. The maximum absolute atomic E-state index is 6.09. The second-order valence-electron chi connectivity index (χ2n) is 9.79. The van der Waals surface area contributed by atoms with E-state index < -0.39 is 0 Å². The number of hydrogen-bond acceptors (Lipinski definition) is 1. The summed E-state index contributed by atoms with van der Waals surface area (Å²) in [5.74, 6) is 1.43. The van der Waals surface area contributed by atoms with E-state index in [0.29, 0.717) is 5.76 Å². The molecule has 0 spiro atoms. The van der Waals surface area contributed by atoms with Gasteiger partial charge >= 0.3 is 0 Å². The molecule has 0 bridgehead atoms. The number of allylic oxidation sites excluding steroid dienone is 3. The van der Waals surface area contributed by atoms with E-state index in [0.717, 1.165) is 28.9 Å². The topological polar surface area (TPSA) is 9.23 Å². The van der Waals surface area contributed by atoms with E-state index in [-0.39, 0.29) is 0 Å². The number of ether oxygens (including phenoxy) is 1. The average molecular weight is 503 g/mol. The summed E-state index contributed by atoms with van der Waals surface area (Å²) in [6, 6.07) is 40.6. The summed E-state index contributed by atoms with van der Waals surface area (Å²) in [6.45, 7) is 10.8. The molecule has 6 aromatic rings. The molecule has 0 aliphatic carbocycles. The standard InChI is InChI=1S/C38H30O/c1-4-28-13-7-12-20-36(28)39-27(3)22-21-26(2)37-32-16-8-10-18-34(32)38(35-19-11-9-17-33(35)37)31-24-23-29-14-5-6-15-30(29)25-31/h5-25H,2-4H2,1H3/b22-21-. The van der Waals surface area contributed by atoms with Crippen LogP contribution in [0.2, 0.25) is 0 Å². The third-order valence-corrected chi connectivity index (χ3v) is 7.36. The summed E-state index contributed by atoms with van der Waals surface area (Å²) in [6.07, 6.45) is 4.83. The van der Waals surface area contributed by atoms with Gasteiger partial charge in [0.05, 0.1) is 0 Å². The number of benzene rings is 6. The normalized spacial score (nSPS) is 11.4. The Hall–Kier alpha value is -4.88. The van der Waals surface area contributed by atoms with Crippen molar-refractivity contribution in [3.63, 3.8) is 0 Å². The van der Waals surface area contributed by atoms with Gasteiger partial charge in [0.2, 0.25) is 0 Å². The van der Waals surface area contributed by atoms with E-state index in [9.17, 15) is 0 Å². The molecule has 6 rings (SSSR count). The van der Waals surface area contributed by atoms with E-state index in [1.165, 1.54) is 43.4 Å². The van der Waals surface area contributed by atoms with Gasteiger partial charge in [0.15, 0.2) is 0 Å². The maximum Gasteiger partial charge on any atom is 0.130 e. The summed E-state index contributed by atoms with van der Waals surface area (Å²) in [5.41, 5.74) is 5.67. The minimum Gasteiger partial charge on any atom is -0.458 e. The quantitative estimate of drug-likeness (QED) is 0.120. The Balaban J connectivity index is 1.46. The van der Waals surface area contributed by atoms with Crippen molar-refractivity contribution in [3.8, 4) is 16.9 Å². The van der Waals surface area contributed by atoms with Gasteiger partial charge in [-0.15, -0.1) is 0 Å². The molecular weight excluding hydrogens is 472 g/mol. The van der Waals surface area contributed by atoms with E-state index in [2.05, 4.69) is 117 Å². The highest BCUT2D eigenvalue weighted by Gasteiger charge is 2.16. The molecule has 1 nitrogen and oxygen atoms in total. The lowest BCUT2D eigenvalue weighted by Gasteiger charge is -2.18. The van der Waals surface area contributed by atoms with Crippen molar-refractivity contribution in [2.45, 2.75) is 13.3 Å². The van der Waals surface area contributed by atoms with Gasteiger partial charge in [-0.3, -0.25) is 0 Å². The second-order valence-corrected chi connectivity index (χ2v) is 9.79. The summed E-state index contributed by atoms with van der Waals surface area (Å²) >= 11 is 0. The van der Waals surface area contributed by atoms with Crippen LogP contribution in [0.3, 0.4) is 0 Å². The van der Waals surface area contributed by atoms with Gasteiger partial charge in [-0.05, 0) is 84.8 Å². The zero-order valence-electron chi connectivity index (χ0n) is 22.2. The predicted octanol–water partition coefficient (Wildman–Crippen LogP) is 10.5. The number of rotatable bonds is 7.